The normalized spacial score (nSPS) is 10.7. The van der Waals surface area contributed by atoms with Crippen molar-refractivity contribution in [3.05, 3.63) is 40.3 Å². The number of nitrogens with one attached hydrogen (secondary N) is 1. The van der Waals surface area contributed by atoms with Gasteiger partial charge in [0.25, 0.3) is 0 Å². The first-order valence-electron chi connectivity index (χ1n) is 4.90. The van der Waals surface area contributed by atoms with Crippen LogP contribution >= 0.6 is 23.2 Å². The van der Waals surface area contributed by atoms with Gasteiger partial charge in [-0.3, -0.25) is 0 Å². The van der Waals surface area contributed by atoms with E-state index in [4.69, 9.17) is 28.9 Å². The second-order valence-electron chi connectivity index (χ2n) is 3.41. The van der Waals surface area contributed by atoms with Gasteiger partial charge in [0.05, 0.1) is 16.9 Å². The van der Waals surface area contributed by atoms with Gasteiger partial charge in [-0.2, -0.15) is 0 Å². The number of H-pyrrole nitrogens is 1. The fraction of sp³-hybridized carbons (Fsp3) is 0.182. The summed E-state index contributed by atoms with van der Waals surface area (Å²) in [6, 6.07) is 5.33. The molecule has 3 nitrogen and oxygen atoms in total. The Morgan fingerprint density at radius 3 is 2.88 bits per heavy atom. The van der Waals surface area contributed by atoms with Crippen molar-refractivity contribution in [1.29, 1.82) is 0 Å². The second-order valence-corrected chi connectivity index (χ2v) is 4.25. The minimum absolute atomic E-state index is 0.566. The molecule has 0 radical (unpaired) electrons. The van der Waals surface area contributed by atoms with Gasteiger partial charge in [-0.05, 0) is 24.7 Å². The minimum Gasteiger partial charge on any atom is -0.342 e. The van der Waals surface area contributed by atoms with E-state index in [1.54, 1.807) is 18.3 Å². The van der Waals surface area contributed by atoms with Crippen LogP contribution in [0.1, 0.15) is 5.82 Å². The number of aromatic nitrogens is 2. The Morgan fingerprint density at radius 2 is 2.12 bits per heavy atom. The Kier molecular flexibility index (Phi) is 3.49. The molecule has 84 valence electrons. The maximum absolute atomic E-state index is 6.09. The van der Waals surface area contributed by atoms with Crippen molar-refractivity contribution in [3.8, 4) is 11.3 Å². The average molecular weight is 256 g/mol. The van der Waals surface area contributed by atoms with Crippen LogP contribution in [0, 0.1) is 0 Å². The number of nitrogens with zero attached hydrogens (tertiary/aromatic N) is 1. The van der Waals surface area contributed by atoms with E-state index in [0.29, 0.717) is 16.6 Å². The van der Waals surface area contributed by atoms with Crippen LogP contribution in [0.2, 0.25) is 10.0 Å². The molecule has 5 heteroatoms. The van der Waals surface area contributed by atoms with Crippen LogP contribution in [0.3, 0.4) is 0 Å². The van der Waals surface area contributed by atoms with Gasteiger partial charge in [0, 0.05) is 17.0 Å². The molecule has 2 aromatic rings. The van der Waals surface area contributed by atoms with Gasteiger partial charge in [-0.25, -0.2) is 4.98 Å². The summed E-state index contributed by atoms with van der Waals surface area (Å²) in [7, 11) is 0. The Morgan fingerprint density at radius 1 is 1.31 bits per heavy atom. The zero-order valence-corrected chi connectivity index (χ0v) is 10.0. The highest BCUT2D eigenvalue weighted by Crippen LogP contribution is 2.29. The Hall–Kier alpha value is -1.03. The van der Waals surface area contributed by atoms with Gasteiger partial charge in [0.1, 0.15) is 5.82 Å². The largest absolute Gasteiger partial charge is 0.342 e. The predicted molar refractivity (Wildman–Crippen MR) is 66.8 cm³/mol. The van der Waals surface area contributed by atoms with Crippen LogP contribution in [0.5, 0.6) is 0 Å². The van der Waals surface area contributed by atoms with Crippen LogP contribution in [-0.4, -0.2) is 16.5 Å². The summed E-state index contributed by atoms with van der Waals surface area (Å²) >= 11 is 12.0. The van der Waals surface area contributed by atoms with E-state index < -0.39 is 0 Å². The molecule has 1 heterocycles. The highest BCUT2D eigenvalue weighted by molar-refractivity contribution is 6.35. The highest BCUT2D eigenvalue weighted by Gasteiger charge is 2.07. The standard InChI is InChI=1S/C11H11Cl2N3/c12-7-1-2-9(13)8(5-7)10-6-15-11(16-10)3-4-14/h1-2,5-6H,3-4,14H2,(H,15,16). The van der Waals surface area contributed by atoms with Crippen molar-refractivity contribution in [2.24, 2.45) is 5.73 Å². The van der Waals surface area contributed by atoms with Gasteiger partial charge in [-0.15, -0.1) is 0 Å². The monoisotopic (exact) mass is 255 g/mol. The number of halogens is 2. The lowest BCUT2D eigenvalue weighted by molar-refractivity contribution is 0.895. The fourth-order valence-electron chi connectivity index (χ4n) is 1.47. The van der Waals surface area contributed by atoms with Gasteiger partial charge >= 0.3 is 0 Å². The number of hydrogen-bond donors (Lipinski definition) is 2. The molecule has 3 N–H and O–H groups in total. The van der Waals surface area contributed by atoms with Crippen LogP contribution in [0.15, 0.2) is 24.4 Å². The molecule has 1 aromatic heterocycles. The van der Waals surface area contributed by atoms with Crippen molar-refractivity contribution in [2.45, 2.75) is 6.42 Å². The molecule has 0 amide bonds. The topological polar surface area (TPSA) is 54.7 Å². The lowest BCUT2D eigenvalue weighted by atomic mass is 10.2. The second kappa shape index (κ2) is 4.87. The molecule has 1 aromatic carbocycles. The summed E-state index contributed by atoms with van der Waals surface area (Å²) in [5, 5.41) is 1.29. The molecule has 0 aliphatic rings. The summed E-state index contributed by atoms with van der Waals surface area (Å²) in [6.45, 7) is 0.566. The lowest BCUT2D eigenvalue weighted by Crippen LogP contribution is -2.03. The van der Waals surface area contributed by atoms with Crippen LogP contribution in [0.4, 0.5) is 0 Å². The maximum atomic E-state index is 6.09. The number of hydrogen-bond acceptors (Lipinski definition) is 2. The van der Waals surface area contributed by atoms with Crippen LogP contribution in [-0.2, 0) is 6.42 Å². The van der Waals surface area contributed by atoms with Gasteiger partial charge in [-0.1, -0.05) is 23.2 Å². The van der Waals surface area contributed by atoms with Crippen molar-refractivity contribution in [3.63, 3.8) is 0 Å². The maximum Gasteiger partial charge on any atom is 0.107 e. The Balaban J connectivity index is 2.38. The third-order valence-electron chi connectivity index (χ3n) is 2.23. The zero-order valence-electron chi connectivity index (χ0n) is 8.50. The quantitative estimate of drug-likeness (QED) is 0.887. The fourth-order valence-corrected chi connectivity index (χ4v) is 1.86. The summed E-state index contributed by atoms with van der Waals surface area (Å²) in [5.41, 5.74) is 7.16. The molecule has 2 rings (SSSR count). The number of aromatic amines is 1. The summed E-state index contributed by atoms with van der Waals surface area (Å²) in [4.78, 5) is 7.38. The van der Waals surface area contributed by atoms with Crippen LogP contribution < -0.4 is 5.73 Å². The summed E-state index contributed by atoms with van der Waals surface area (Å²) < 4.78 is 0. The van der Waals surface area contributed by atoms with E-state index in [9.17, 15) is 0 Å². The Labute approximate surface area is 104 Å². The molecule has 16 heavy (non-hydrogen) atoms. The molecule has 0 bridgehead atoms. The summed E-state index contributed by atoms with van der Waals surface area (Å²) in [5.74, 6) is 0.855. The van der Waals surface area contributed by atoms with Crippen molar-refractivity contribution in [2.75, 3.05) is 6.54 Å². The SMILES string of the molecule is NCCc1ncc(-c2cc(Cl)ccc2Cl)[nH]1. The van der Waals surface area contributed by atoms with E-state index in [0.717, 1.165) is 23.5 Å². The molecule has 0 atom stereocenters. The molecular weight excluding hydrogens is 245 g/mol. The zero-order chi connectivity index (χ0) is 11.5. The van der Waals surface area contributed by atoms with E-state index >= 15 is 0 Å². The molecule has 0 spiro atoms. The number of imidazole rings is 1. The third kappa shape index (κ3) is 2.38. The van der Waals surface area contributed by atoms with Crippen LogP contribution in [0.25, 0.3) is 11.3 Å². The minimum atomic E-state index is 0.566. The average Bonchev–Trinajstić information content (AvgIpc) is 2.71. The van der Waals surface area contributed by atoms with E-state index in [-0.39, 0.29) is 0 Å². The third-order valence-corrected chi connectivity index (χ3v) is 2.79. The van der Waals surface area contributed by atoms with Crippen molar-refractivity contribution < 1.29 is 0 Å². The highest BCUT2D eigenvalue weighted by atomic mass is 35.5. The predicted octanol–water partition coefficient (Wildman–Crippen LogP) is 2.88. The molecule has 0 unspecified atom stereocenters. The molecule has 0 aliphatic carbocycles. The first-order chi connectivity index (χ1) is 7.70. The lowest BCUT2D eigenvalue weighted by Gasteiger charge is -2.01. The number of rotatable bonds is 3. The first kappa shape index (κ1) is 11.5. The molecular formula is C11H11Cl2N3. The van der Waals surface area contributed by atoms with E-state index in [1.807, 2.05) is 6.07 Å². The Bertz CT molecular complexity index is 494. The number of nitrogens with two attached hydrogens (primary N) is 1. The molecule has 0 fully saturated rings. The molecule has 0 aliphatic heterocycles. The molecule has 0 saturated heterocycles. The van der Waals surface area contributed by atoms with Crippen molar-refractivity contribution in [1.82, 2.24) is 9.97 Å². The van der Waals surface area contributed by atoms with E-state index in [1.165, 1.54) is 0 Å². The van der Waals surface area contributed by atoms with E-state index in [2.05, 4.69) is 9.97 Å². The van der Waals surface area contributed by atoms with Gasteiger partial charge in [0.2, 0.25) is 0 Å². The molecule has 0 saturated carbocycles. The van der Waals surface area contributed by atoms with Gasteiger partial charge in [0.15, 0.2) is 0 Å². The van der Waals surface area contributed by atoms with Gasteiger partial charge < -0.3 is 10.7 Å². The summed E-state index contributed by atoms with van der Waals surface area (Å²) in [6.07, 6.45) is 2.46. The first-order valence-corrected chi connectivity index (χ1v) is 5.65. The smallest absolute Gasteiger partial charge is 0.107 e. The van der Waals surface area contributed by atoms with Crippen molar-refractivity contribution >= 4 is 23.2 Å². The number of benzene rings is 1.